The van der Waals surface area contributed by atoms with Gasteiger partial charge in [-0.05, 0) is 25.0 Å². The molecule has 0 aliphatic carbocycles. The molecule has 0 aliphatic rings. The van der Waals surface area contributed by atoms with Crippen molar-refractivity contribution in [3.05, 3.63) is 56.7 Å². The lowest BCUT2D eigenvalue weighted by Crippen LogP contribution is -2.37. The highest BCUT2D eigenvalue weighted by molar-refractivity contribution is 7.22. The summed E-state index contributed by atoms with van der Waals surface area (Å²) in [5.74, 6) is -0.611. The lowest BCUT2D eigenvalue weighted by molar-refractivity contribution is -0.143. The summed E-state index contributed by atoms with van der Waals surface area (Å²) in [7, 11) is 0. The number of hydrogen-bond donors (Lipinski definition) is 1. The number of hydrogen-bond acceptors (Lipinski definition) is 5. The molecule has 6 nitrogen and oxygen atoms in total. The Kier molecular flexibility index (Phi) is 4.35. The number of carbonyl (C=O) groups excluding carboxylic acids is 1. The zero-order chi connectivity index (χ0) is 17.3. The Morgan fingerprint density at radius 2 is 1.96 bits per heavy atom. The quantitative estimate of drug-likeness (QED) is 0.736. The lowest BCUT2D eigenvalue weighted by Gasteiger charge is -2.04. The second kappa shape index (κ2) is 6.45. The highest BCUT2D eigenvalue weighted by Gasteiger charge is 2.18. The monoisotopic (exact) mass is 344 g/mol. The Balaban J connectivity index is 2.19. The number of aromatic nitrogens is 2. The fourth-order valence-electron chi connectivity index (χ4n) is 2.60. The van der Waals surface area contributed by atoms with Gasteiger partial charge in [0.05, 0.1) is 12.0 Å². The molecule has 2 aromatic heterocycles. The number of carbonyl (C=O) groups is 1. The van der Waals surface area contributed by atoms with E-state index in [-0.39, 0.29) is 6.61 Å². The number of fused-ring (bicyclic) bond motifs is 1. The first-order valence-electron chi connectivity index (χ1n) is 7.50. The van der Waals surface area contributed by atoms with Crippen LogP contribution >= 0.6 is 11.3 Å². The zero-order valence-electron chi connectivity index (χ0n) is 13.3. The van der Waals surface area contributed by atoms with Gasteiger partial charge in [-0.25, -0.2) is 9.36 Å². The standard InChI is InChI=1S/C17H16N2O4S/c1-3-23-12(20)9-19-16(21)13-10(2)14(11-7-5-4-6-8-11)24-15(13)18-17(19)22/h4-8H,3,9H2,1-2H3,(H,18,22). The second-order valence-electron chi connectivity index (χ2n) is 5.25. The molecule has 2 heterocycles. The van der Waals surface area contributed by atoms with Crippen LogP contribution in [0.25, 0.3) is 20.7 Å². The number of nitrogens with one attached hydrogen (secondary N) is 1. The third-order valence-electron chi connectivity index (χ3n) is 3.70. The topological polar surface area (TPSA) is 81.2 Å². The number of esters is 1. The van der Waals surface area contributed by atoms with Crippen molar-refractivity contribution in [2.75, 3.05) is 6.61 Å². The summed E-state index contributed by atoms with van der Waals surface area (Å²) in [6, 6.07) is 9.65. The molecule has 0 saturated carbocycles. The summed E-state index contributed by atoms with van der Waals surface area (Å²) in [6.07, 6.45) is 0. The van der Waals surface area contributed by atoms with Crippen LogP contribution in [-0.4, -0.2) is 22.1 Å². The molecule has 0 saturated heterocycles. The average Bonchev–Trinajstić information content (AvgIpc) is 2.89. The smallest absolute Gasteiger partial charge is 0.329 e. The maximum Gasteiger partial charge on any atom is 0.329 e. The molecule has 24 heavy (non-hydrogen) atoms. The summed E-state index contributed by atoms with van der Waals surface area (Å²) in [6.45, 7) is 3.32. The number of benzene rings is 1. The summed E-state index contributed by atoms with van der Waals surface area (Å²) in [4.78, 5) is 40.6. The number of thiophene rings is 1. The van der Waals surface area contributed by atoms with Gasteiger partial charge in [-0.15, -0.1) is 11.3 Å². The van der Waals surface area contributed by atoms with Crippen LogP contribution < -0.4 is 11.2 Å². The van der Waals surface area contributed by atoms with Crippen molar-refractivity contribution < 1.29 is 9.53 Å². The van der Waals surface area contributed by atoms with E-state index in [4.69, 9.17) is 4.74 Å². The predicted molar refractivity (Wildman–Crippen MR) is 93.5 cm³/mol. The van der Waals surface area contributed by atoms with E-state index in [9.17, 15) is 14.4 Å². The van der Waals surface area contributed by atoms with Crippen LogP contribution in [0.4, 0.5) is 0 Å². The van der Waals surface area contributed by atoms with Crippen molar-refractivity contribution in [2.45, 2.75) is 20.4 Å². The van der Waals surface area contributed by atoms with Gasteiger partial charge in [-0.2, -0.15) is 0 Å². The van der Waals surface area contributed by atoms with Crippen LogP contribution in [-0.2, 0) is 16.1 Å². The molecule has 0 aliphatic heterocycles. The Morgan fingerprint density at radius 1 is 1.25 bits per heavy atom. The largest absolute Gasteiger partial charge is 0.465 e. The van der Waals surface area contributed by atoms with E-state index in [1.54, 1.807) is 6.92 Å². The van der Waals surface area contributed by atoms with E-state index < -0.39 is 23.8 Å². The van der Waals surface area contributed by atoms with E-state index >= 15 is 0 Å². The zero-order valence-corrected chi connectivity index (χ0v) is 14.1. The summed E-state index contributed by atoms with van der Waals surface area (Å²) >= 11 is 1.36. The maximum absolute atomic E-state index is 12.7. The Hall–Kier alpha value is -2.67. The summed E-state index contributed by atoms with van der Waals surface area (Å²) in [5, 5.41) is 0.433. The Bertz CT molecular complexity index is 1010. The molecule has 0 atom stereocenters. The van der Waals surface area contributed by atoms with Crippen LogP contribution in [0.15, 0.2) is 39.9 Å². The maximum atomic E-state index is 12.7. The molecule has 1 N–H and O–H groups in total. The number of aromatic amines is 1. The van der Waals surface area contributed by atoms with Crippen molar-refractivity contribution in [2.24, 2.45) is 0 Å². The average molecular weight is 344 g/mol. The fraction of sp³-hybridized carbons (Fsp3) is 0.235. The van der Waals surface area contributed by atoms with Gasteiger partial charge >= 0.3 is 11.7 Å². The molecule has 0 fully saturated rings. The molecule has 7 heteroatoms. The van der Waals surface area contributed by atoms with E-state index in [1.165, 1.54) is 11.3 Å². The van der Waals surface area contributed by atoms with Crippen LogP contribution in [0, 0.1) is 6.92 Å². The van der Waals surface area contributed by atoms with E-state index in [1.807, 2.05) is 37.3 Å². The van der Waals surface area contributed by atoms with Crippen LogP contribution in [0.2, 0.25) is 0 Å². The molecule has 1 aromatic carbocycles. The van der Waals surface area contributed by atoms with Crippen molar-refractivity contribution >= 4 is 27.5 Å². The van der Waals surface area contributed by atoms with Crippen molar-refractivity contribution in [1.29, 1.82) is 0 Å². The number of H-pyrrole nitrogens is 1. The summed E-state index contributed by atoms with van der Waals surface area (Å²) < 4.78 is 5.71. The van der Waals surface area contributed by atoms with Gasteiger partial charge in [0.1, 0.15) is 11.4 Å². The fourth-order valence-corrected chi connectivity index (χ4v) is 3.79. The van der Waals surface area contributed by atoms with Crippen LogP contribution in [0.1, 0.15) is 12.5 Å². The number of rotatable bonds is 4. The third kappa shape index (κ3) is 2.78. The van der Waals surface area contributed by atoms with Crippen molar-refractivity contribution in [3.8, 4) is 10.4 Å². The van der Waals surface area contributed by atoms with Gasteiger partial charge in [0, 0.05) is 4.88 Å². The molecule has 124 valence electrons. The molecule has 3 rings (SSSR count). The minimum atomic E-state index is -0.611. The highest BCUT2D eigenvalue weighted by Crippen LogP contribution is 2.34. The third-order valence-corrected chi connectivity index (χ3v) is 4.96. The van der Waals surface area contributed by atoms with Crippen molar-refractivity contribution in [1.82, 2.24) is 9.55 Å². The minimum Gasteiger partial charge on any atom is -0.465 e. The molecule has 0 radical (unpaired) electrons. The van der Waals surface area contributed by atoms with Crippen molar-refractivity contribution in [3.63, 3.8) is 0 Å². The lowest BCUT2D eigenvalue weighted by atomic mass is 10.1. The minimum absolute atomic E-state index is 0.198. The molecular weight excluding hydrogens is 328 g/mol. The number of nitrogens with zero attached hydrogens (tertiary/aromatic N) is 1. The van der Waals surface area contributed by atoms with E-state index in [2.05, 4.69) is 4.98 Å². The summed E-state index contributed by atoms with van der Waals surface area (Å²) in [5.41, 5.74) is 0.688. The van der Waals surface area contributed by atoms with E-state index in [0.717, 1.165) is 20.6 Å². The molecule has 0 unspecified atom stereocenters. The normalized spacial score (nSPS) is 10.9. The van der Waals surface area contributed by atoms with Gasteiger partial charge in [0.15, 0.2) is 0 Å². The highest BCUT2D eigenvalue weighted by atomic mass is 32.1. The first-order chi connectivity index (χ1) is 11.5. The number of aryl methyl sites for hydroxylation is 1. The Labute approximate surface area is 141 Å². The molecular formula is C17H16N2O4S. The SMILES string of the molecule is CCOC(=O)Cn1c(=O)[nH]c2sc(-c3ccccc3)c(C)c2c1=O. The number of ether oxygens (including phenoxy) is 1. The van der Waals surface area contributed by atoms with Crippen LogP contribution in [0.3, 0.4) is 0 Å². The molecule has 0 bridgehead atoms. The Morgan fingerprint density at radius 3 is 2.62 bits per heavy atom. The second-order valence-corrected chi connectivity index (χ2v) is 6.27. The first-order valence-corrected chi connectivity index (χ1v) is 8.31. The van der Waals surface area contributed by atoms with Gasteiger partial charge < -0.3 is 4.74 Å². The van der Waals surface area contributed by atoms with Gasteiger partial charge in [-0.1, -0.05) is 30.3 Å². The molecule has 3 aromatic rings. The molecule has 0 amide bonds. The van der Waals surface area contributed by atoms with Crippen LogP contribution in [0.5, 0.6) is 0 Å². The molecule has 0 spiro atoms. The van der Waals surface area contributed by atoms with Gasteiger partial charge in [-0.3, -0.25) is 14.6 Å². The van der Waals surface area contributed by atoms with E-state index in [0.29, 0.717) is 10.2 Å². The van der Waals surface area contributed by atoms with Gasteiger partial charge in [0.2, 0.25) is 0 Å². The first kappa shape index (κ1) is 16.2. The predicted octanol–water partition coefficient (Wildman–Crippen LogP) is 2.29. The van der Waals surface area contributed by atoms with Gasteiger partial charge in [0.25, 0.3) is 5.56 Å².